The van der Waals surface area contributed by atoms with Crippen molar-refractivity contribution in [3.8, 4) is 0 Å². The molecule has 0 spiro atoms. The number of nitrogens with zero attached hydrogens (tertiary/aromatic N) is 1. The van der Waals surface area contributed by atoms with Gasteiger partial charge in [0.1, 0.15) is 0 Å². The zero-order valence-corrected chi connectivity index (χ0v) is 14.0. The van der Waals surface area contributed by atoms with Crippen LogP contribution in [0.4, 0.5) is 5.69 Å². The topological polar surface area (TPSA) is 89.3 Å². The highest BCUT2D eigenvalue weighted by Gasteiger charge is 2.19. The smallest absolute Gasteiger partial charge is 0.258 e. The second-order valence-electron chi connectivity index (χ2n) is 5.37. The molecule has 1 rings (SSSR count). The Morgan fingerprint density at radius 3 is 2.41 bits per heavy atom. The number of hydrogen-bond donors (Lipinski definition) is 1. The van der Waals surface area contributed by atoms with E-state index in [1.807, 2.05) is 0 Å². The summed E-state index contributed by atoms with van der Waals surface area (Å²) in [5, 5.41) is 10.9. The van der Waals surface area contributed by atoms with E-state index in [4.69, 9.17) is 0 Å². The minimum absolute atomic E-state index is 0.0595. The van der Waals surface area contributed by atoms with Crippen molar-refractivity contribution < 1.29 is 13.3 Å². The number of hydrogen-bond acceptors (Lipinski definition) is 4. The molecule has 0 aromatic heterocycles. The fourth-order valence-electron chi connectivity index (χ4n) is 2.15. The highest BCUT2D eigenvalue weighted by atomic mass is 32.2. The molecule has 0 radical (unpaired) electrons. The Morgan fingerprint density at radius 1 is 1.14 bits per heavy atom. The second-order valence-corrected chi connectivity index (χ2v) is 7.14. The molecule has 6 nitrogen and oxygen atoms in total. The number of sulfonamides is 1. The van der Waals surface area contributed by atoms with Crippen molar-refractivity contribution in [1.29, 1.82) is 0 Å². The molecule has 0 heterocycles. The van der Waals surface area contributed by atoms with Gasteiger partial charge in [-0.2, -0.15) is 0 Å². The van der Waals surface area contributed by atoms with Crippen LogP contribution in [0.1, 0.15) is 51.0 Å². The summed E-state index contributed by atoms with van der Waals surface area (Å²) >= 11 is 0. The van der Waals surface area contributed by atoms with Crippen LogP contribution in [0.3, 0.4) is 0 Å². The summed E-state index contributed by atoms with van der Waals surface area (Å²) in [5.41, 5.74) is 0.266. The molecular formula is C15H24N2O4S. The Labute approximate surface area is 132 Å². The third-order valence-electron chi connectivity index (χ3n) is 3.51. The molecule has 0 amide bonds. The lowest BCUT2D eigenvalue weighted by molar-refractivity contribution is -0.385. The molecule has 0 aliphatic heterocycles. The largest absolute Gasteiger partial charge is 0.273 e. The first-order valence-corrected chi connectivity index (χ1v) is 9.11. The average molecular weight is 328 g/mol. The minimum atomic E-state index is -3.68. The summed E-state index contributed by atoms with van der Waals surface area (Å²) in [5.74, 6) is 0. The van der Waals surface area contributed by atoms with Gasteiger partial charge in [-0.1, -0.05) is 45.1 Å². The van der Waals surface area contributed by atoms with E-state index in [-0.39, 0.29) is 10.6 Å². The van der Waals surface area contributed by atoms with Gasteiger partial charge in [-0.15, -0.1) is 0 Å². The van der Waals surface area contributed by atoms with Crippen LogP contribution >= 0.6 is 0 Å². The van der Waals surface area contributed by atoms with Crippen molar-refractivity contribution in [3.63, 3.8) is 0 Å². The average Bonchev–Trinajstić information content (AvgIpc) is 2.46. The molecule has 7 heteroatoms. The summed E-state index contributed by atoms with van der Waals surface area (Å²) in [6.07, 6.45) is 6.42. The monoisotopic (exact) mass is 328 g/mol. The summed E-state index contributed by atoms with van der Waals surface area (Å²) in [6.45, 7) is 4.09. The maximum Gasteiger partial charge on any atom is 0.273 e. The molecule has 22 heavy (non-hydrogen) atoms. The molecule has 0 aliphatic rings. The fourth-order valence-corrected chi connectivity index (χ4v) is 3.24. The second kappa shape index (κ2) is 8.85. The molecule has 0 saturated carbocycles. The maximum absolute atomic E-state index is 12.1. The van der Waals surface area contributed by atoms with E-state index < -0.39 is 14.9 Å². The fraction of sp³-hybridized carbons (Fsp3) is 0.600. The van der Waals surface area contributed by atoms with Crippen LogP contribution in [0.5, 0.6) is 0 Å². The molecule has 0 bridgehead atoms. The summed E-state index contributed by atoms with van der Waals surface area (Å²) < 4.78 is 26.7. The molecule has 0 aliphatic carbocycles. The minimum Gasteiger partial charge on any atom is -0.258 e. The normalized spacial score (nSPS) is 11.5. The van der Waals surface area contributed by atoms with E-state index in [1.165, 1.54) is 31.4 Å². The Hall–Kier alpha value is -1.47. The number of benzene rings is 1. The Morgan fingerprint density at radius 2 is 1.77 bits per heavy atom. The van der Waals surface area contributed by atoms with Crippen molar-refractivity contribution in [3.05, 3.63) is 33.9 Å². The zero-order valence-electron chi connectivity index (χ0n) is 13.2. The lowest BCUT2D eigenvalue weighted by Gasteiger charge is -2.07. The van der Waals surface area contributed by atoms with E-state index in [9.17, 15) is 18.5 Å². The first kappa shape index (κ1) is 18.6. The van der Waals surface area contributed by atoms with Crippen LogP contribution in [-0.2, 0) is 10.0 Å². The van der Waals surface area contributed by atoms with E-state index >= 15 is 0 Å². The number of rotatable bonds is 10. The predicted octanol–water partition coefficient (Wildman–Crippen LogP) is 3.54. The number of nitro benzene ring substituents is 1. The van der Waals surface area contributed by atoms with Crippen molar-refractivity contribution in [2.24, 2.45) is 0 Å². The maximum atomic E-state index is 12.1. The van der Waals surface area contributed by atoms with Gasteiger partial charge in [0.25, 0.3) is 5.69 Å². The standard InChI is InChI=1S/C15H24N2O4S/c1-3-4-5-6-7-8-11-16-22(20,21)14-10-9-13(2)15(12-14)17(18)19/h9-10,12,16H,3-8,11H2,1-2H3. The van der Waals surface area contributed by atoms with Gasteiger partial charge >= 0.3 is 0 Å². The summed E-state index contributed by atoms with van der Waals surface area (Å²) in [7, 11) is -3.68. The van der Waals surface area contributed by atoms with Crippen molar-refractivity contribution in [2.75, 3.05) is 6.54 Å². The van der Waals surface area contributed by atoms with Gasteiger partial charge < -0.3 is 0 Å². The van der Waals surface area contributed by atoms with Crippen LogP contribution in [0, 0.1) is 17.0 Å². The lowest BCUT2D eigenvalue weighted by Crippen LogP contribution is -2.24. The van der Waals surface area contributed by atoms with Gasteiger partial charge in [-0.25, -0.2) is 13.1 Å². The zero-order chi connectivity index (χ0) is 16.6. The molecule has 1 N–H and O–H groups in total. The van der Waals surface area contributed by atoms with E-state index in [0.29, 0.717) is 12.1 Å². The highest BCUT2D eigenvalue weighted by Crippen LogP contribution is 2.22. The Kier molecular flexibility index (Phi) is 7.47. The number of aryl methyl sites for hydroxylation is 1. The van der Waals surface area contributed by atoms with E-state index in [1.54, 1.807) is 6.92 Å². The number of nitrogens with one attached hydrogen (secondary N) is 1. The van der Waals surface area contributed by atoms with E-state index in [2.05, 4.69) is 11.6 Å². The third-order valence-corrected chi connectivity index (χ3v) is 4.97. The third kappa shape index (κ3) is 5.73. The molecule has 1 aromatic rings. The van der Waals surface area contributed by atoms with Gasteiger partial charge in [0.05, 0.1) is 9.82 Å². The van der Waals surface area contributed by atoms with Gasteiger partial charge in [-0.3, -0.25) is 10.1 Å². The summed E-state index contributed by atoms with van der Waals surface area (Å²) in [4.78, 5) is 10.2. The highest BCUT2D eigenvalue weighted by molar-refractivity contribution is 7.89. The van der Waals surface area contributed by atoms with Crippen molar-refractivity contribution in [1.82, 2.24) is 4.72 Å². The first-order valence-electron chi connectivity index (χ1n) is 7.63. The SMILES string of the molecule is CCCCCCCCNS(=O)(=O)c1ccc(C)c([N+](=O)[O-])c1. The molecule has 124 valence electrons. The van der Waals surface area contributed by atoms with Crippen LogP contribution in [-0.4, -0.2) is 19.9 Å². The Balaban J connectivity index is 2.56. The van der Waals surface area contributed by atoms with Crippen LogP contribution < -0.4 is 4.72 Å². The van der Waals surface area contributed by atoms with Crippen molar-refractivity contribution in [2.45, 2.75) is 57.3 Å². The van der Waals surface area contributed by atoms with Crippen LogP contribution in [0.15, 0.2) is 23.1 Å². The predicted molar refractivity (Wildman–Crippen MR) is 86.4 cm³/mol. The molecular weight excluding hydrogens is 304 g/mol. The molecule has 1 aromatic carbocycles. The number of unbranched alkanes of at least 4 members (excludes halogenated alkanes) is 5. The van der Waals surface area contributed by atoms with Gasteiger partial charge in [0.2, 0.25) is 10.0 Å². The van der Waals surface area contributed by atoms with Gasteiger partial charge in [0, 0.05) is 18.2 Å². The first-order chi connectivity index (χ1) is 10.4. The molecule has 0 fully saturated rings. The molecule has 0 unspecified atom stereocenters. The van der Waals surface area contributed by atoms with Crippen molar-refractivity contribution >= 4 is 15.7 Å². The van der Waals surface area contributed by atoms with E-state index in [0.717, 1.165) is 25.3 Å². The summed E-state index contributed by atoms with van der Waals surface area (Å²) in [6, 6.07) is 3.96. The van der Waals surface area contributed by atoms with Gasteiger partial charge in [0.15, 0.2) is 0 Å². The molecule has 0 saturated heterocycles. The van der Waals surface area contributed by atoms with Gasteiger partial charge in [-0.05, 0) is 19.4 Å². The number of nitro groups is 1. The lowest BCUT2D eigenvalue weighted by atomic mass is 10.1. The van der Waals surface area contributed by atoms with Crippen LogP contribution in [0.25, 0.3) is 0 Å². The van der Waals surface area contributed by atoms with Crippen LogP contribution in [0.2, 0.25) is 0 Å². The Bertz CT molecular complexity index is 600. The quantitative estimate of drug-likeness (QED) is 0.404. The molecule has 0 atom stereocenters.